The first-order chi connectivity index (χ1) is 14.0. The summed E-state index contributed by atoms with van der Waals surface area (Å²) >= 11 is 3.27. The van der Waals surface area contributed by atoms with E-state index in [4.69, 9.17) is 4.74 Å². The minimum absolute atomic E-state index is 0.0991. The van der Waals surface area contributed by atoms with Crippen molar-refractivity contribution in [2.24, 2.45) is 7.05 Å². The number of carboxylic acids is 1. The van der Waals surface area contributed by atoms with E-state index in [1.807, 2.05) is 48.5 Å². The number of nitrogens with zero attached hydrogens (tertiary/aromatic N) is 2. The van der Waals surface area contributed by atoms with Crippen molar-refractivity contribution in [3.63, 3.8) is 0 Å². The van der Waals surface area contributed by atoms with Crippen molar-refractivity contribution in [1.29, 1.82) is 0 Å². The minimum atomic E-state index is -1.32. The highest BCUT2D eigenvalue weighted by Gasteiger charge is 2.31. The van der Waals surface area contributed by atoms with Gasteiger partial charge in [-0.15, -0.1) is 0 Å². The second-order valence-electron chi connectivity index (χ2n) is 6.78. The number of hydrogen-bond donors (Lipinski definition) is 2. The number of aryl methyl sites for hydroxylation is 1. The molecule has 1 aromatic heterocycles. The minimum Gasteiger partial charge on any atom is -0.479 e. The summed E-state index contributed by atoms with van der Waals surface area (Å²) in [6, 6.07) is 14.7. The molecule has 7 nitrogen and oxygen atoms in total. The normalized spacial score (nSPS) is 13.4. The van der Waals surface area contributed by atoms with Crippen molar-refractivity contribution in [2.75, 3.05) is 6.61 Å². The van der Waals surface area contributed by atoms with Crippen molar-refractivity contribution in [1.82, 2.24) is 15.1 Å². The van der Waals surface area contributed by atoms with Gasteiger partial charge in [-0.25, -0.2) is 9.59 Å². The van der Waals surface area contributed by atoms with Gasteiger partial charge in [-0.3, -0.25) is 4.68 Å². The van der Waals surface area contributed by atoms with Gasteiger partial charge >= 0.3 is 12.1 Å². The molecule has 1 aliphatic rings. The van der Waals surface area contributed by atoms with Crippen LogP contribution >= 0.6 is 15.9 Å². The number of carboxylic acid groups (broad SMARTS) is 1. The summed E-state index contributed by atoms with van der Waals surface area (Å²) < 4.78 is 7.38. The maximum absolute atomic E-state index is 12.4. The van der Waals surface area contributed by atoms with Crippen LogP contribution in [0.1, 0.15) is 28.8 Å². The predicted octanol–water partition coefficient (Wildman–Crippen LogP) is 3.85. The Hall–Kier alpha value is -3.13. The lowest BCUT2D eigenvalue weighted by molar-refractivity contribution is -0.139. The number of hydrogen-bond acceptors (Lipinski definition) is 4. The topological polar surface area (TPSA) is 93.5 Å². The van der Waals surface area contributed by atoms with Crippen LogP contribution in [0.25, 0.3) is 11.1 Å². The molecule has 0 fully saturated rings. The quantitative estimate of drug-likeness (QED) is 0.609. The number of ether oxygens (including phenoxy) is 1. The third kappa shape index (κ3) is 3.63. The van der Waals surface area contributed by atoms with Crippen LogP contribution < -0.4 is 5.32 Å². The second-order valence-corrected chi connectivity index (χ2v) is 7.63. The van der Waals surface area contributed by atoms with Gasteiger partial charge in [-0.05, 0) is 38.2 Å². The van der Waals surface area contributed by atoms with E-state index in [9.17, 15) is 14.7 Å². The molecular weight excluding hydrogens is 438 g/mol. The highest BCUT2D eigenvalue weighted by molar-refractivity contribution is 9.10. The molecule has 2 N–H and O–H groups in total. The molecule has 1 unspecified atom stereocenters. The lowest BCUT2D eigenvalue weighted by Gasteiger charge is -2.17. The first-order valence-electron chi connectivity index (χ1n) is 8.99. The molecule has 1 aliphatic carbocycles. The van der Waals surface area contributed by atoms with Crippen LogP contribution in [0.15, 0.2) is 59.2 Å². The van der Waals surface area contributed by atoms with Crippen LogP contribution in [0.2, 0.25) is 0 Å². The molecule has 3 aromatic rings. The molecule has 8 heteroatoms. The predicted molar refractivity (Wildman–Crippen MR) is 109 cm³/mol. The zero-order chi connectivity index (χ0) is 20.5. The third-order valence-corrected chi connectivity index (χ3v) is 5.55. The number of fused-ring (bicyclic) bond motifs is 3. The van der Waals surface area contributed by atoms with Gasteiger partial charge in [0.1, 0.15) is 12.3 Å². The zero-order valence-electron chi connectivity index (χ0n) is 15.5. The summed E-state index contributed by atoms with van der Waals surface area (Å²) in [5.41, 5.74) is 4.62. The number of aliphatic carboxylic acids is 1. The van der Waals surface area contributed by atoms with Crippen molar-refractivity contribution >= 4 is 28.0 Å². The van der Waals surface area contributed by atoms with Gasteiger partial charge in [0.05, 0.1) is 4.47 Å². The summed E-state index contributed by atoms with van der Waals surface area (Å²) in [5.74, 6) is -1.32. The monoisotopic (exact) mass is 455 g/mol. The molecule has 0 saturated heterocycles. The second kappa shape index (κ2) is 7.71. The van der Waals surface area contributed by atoms with Gasteiger partial charge in [-0.1, -0.05) is 48.5 Å². The number of alkyl carbamates (subject to hydrolysis) is 1. The molecule has 148 valence electrons. The largest absolute Gasteiger partial charge is 0.479 e. The summed E-state index contributed by atoms with van der Waals surface area (Å²) in [6.45, 7) is 0.107. The Morgan fingerprint density at radius 1 is 1.17 bits per heavy atom. The maximum atomic E-state index is 12.4. The van der Waals surface area contributed by atoms with E-state index in [0.29, 0.717) is 4.47 Å². The molecule has 2 aromatic carbocycles. The average Bonchev–Trinajstić information content (AvgIpc) is 3.20. The summed E-state index contributed by atoms with van der Waals surface area (Å²) in [4.78, 5) is 24.0. The van der Waals surface area contributed by atoms with Crippen molar-refractivity contribution < 1.29 is 19.4 Å². The Morgan fingerprint density at radius 2 is 1.76 bits per heavy atom. The van der Waals surface area contributed by atoms with E-state index in [2.05, 4.69) is 26.3 Å². The number of benzene rings is 2. The first kappa shape index (κ1) is 19.2. The molecule has 1 amide bonds. The standard InChI is InChI=1S/C21H18BrN3O4/c1-25-10-17(22)18(24-25)19(20(26)27)23-21(28)29-11-16-14-8-4-2-6-12(14)13-7-3-5-9-15(13)16/h2-10,16,19H,11H2,1H3,(H,23,28)(H,26,27). The Morgan fingerprint density at radius 3 is 2.28 bits per heavy atom. The molecule has 0 aliphatic heterocycles. The molecule has 0 saturated carbocycles. The van der Waals surface area contributed by atoms with Crippen LogP contribution in [0.4, 0.5) is 4.79 Å². The average molecular weight is 456 g/mol. The number of halogens is 1. The molecule has 29 heavy (non-hydrogen) atoms. The fourth-order valence-corrected chi connectivity index (χ4v) is 4.28. The smallest absolute Gasteiger partial charge is 0.408 e. The SMILES string of the molecule is Cn1cc(Br)c(C(NC(=O)OCC2c3ccccc3-c3ccccc32)C(=O)O)n1. The van der Waals surface area contributed by atoms with Gasteiger partial charge in [0.2, 0.25) is 0 Å². The molecular formula is C21H18BrN3O4. The van der Waals surface area contributed by atoms with E-state index >= 15 is 0 Å². The highest BCUT2D eigenvalue weighted by atomic mass is 79.9. The summed E-state index contributed by atoms with van der Waals surface area (Å²) in [6.07, 6.45) is 0.807. The third-order valence-electron chi connectivity index (χ3n) is 4.94. The van der Waals surface area contributed by atoms with E-state index in [1.165, 1.54) is 4.68 Å². The summed E-state index contributed by atoms with van der Waals surface area (Å²) in [5, 5.41) is 16.0. The molecule has 0 radical (unpaired) electrons. The lowest BCUT2D eigenvalue weighted by Crippen LogP contribution is -2.35. The van der Waals surface area contributed by atoms with E-state index in [0.717, 1.165) is 22.3 Å². The van der Waals surface area contributed by atoms with Crippen LogP contribution in [0.3, 0.4) is 0 Å². The van der Waals surface area contributed by atoms with Crippen molar-refractivity contribution in [3.8, 4) is 11.1 Å². The van der Waals surface area contributed by atoms with Crippen molar-refractivity contribution in [3.05, 3.63) is 76.0 Å². The molecule has 4 rings (SSSR count). The number of carbonyl (C=O) groups is 2. The maximum Gasteiger partial charge on any atom is 0.408 e. The number of aromatic nitrogens is 2. The van der Waals surface area contributed by atoms with Gasteiger partial charge < -0.3 is 15.2 Å². The first-order valence-corrected chi connectivity index (χ1v) is 9.78. The molecule has 0 bridgehead atoms. The number of amides is 1. The Balaban J connectivity index is 1.50. The van der Waals surface area contributed by atoms with Crippen LogP contribution in [-0.4, -0.2) is 33.6 Å². The van der Waals surface area contributed by atoms with Crippen LogP contribution in [0.5, 0.6) is 0 Å². The molecule has 0 spiro atoms. The Labute approximate surface area is 175 Å². The summed E-state index contributed by atoms with van der Waals surface area (Å²) in [7, 11) is 1.67. The fraction of sp³-hybridized carbons (Fsp3) is 0.190. The lowest BCUT2D eigenvalue weighted by atomic mass is 9.98. The van der Waals surface area contributed by atoms with Gasteiger partial charge in [0, 0.05) is 19.2 Å². The Bertz CT molecular complexity index is 1050. The van der Waals surface area contributed by atoms with E-state index < -0.39 is 18.1 Å². The number of carbonyl (C=O) groups excluding carboxylic acids is 1. The van der Waals surface area contributed by atoms with E-state index in [1.54, 1.807) is 13.2 Å². The van der Waals surface area contributed by atoms with Crippen molar-refractivity contribution in [2.45, 2.75) is 12.0 Å². The zero-order valence-corrected chi connectivity index (χ0v) is 17.1. The van der Waals surface area contributed by atoms with Gasteiger partial charge in [0.25, 0.3) is 0 Å². The fourth-order valence-electron chi connectivity index (χ4n) is 3.68. The molecule has 1 heterocycles. The number of rotatable bonds is 5. The number of nitrogens with one attached hydrogen (secondary N) is 1. The van der Waals surface area contributed by atoms with Crippen LogP contribution in [-0.2, 0) is 16.6 Å². The highest BCUT2D eigenvalue weighted by Crippen LogP contribution is 2.44. The van der Waals surface area contributed by atoms with Gasteiger partial charge in [0.15, 0.2) is 6.04 Å². The Kier molecular flexibility index (Phi) is 5.10. The molecule has 1 atom stereocenters. The van der Waals surface area contributed by atoms with Crippen LogP contribution in [0, 0.1) is 0 Å². The van der Waals surface area contributed by atoms with E-state index in [-0.39, 0.29) is 18.2 Å². The van der Waals surface area contributed by atoms with Gasteiger partial charge in [-0.2, -0.15) is 5.10 Å².